The number of benzene rings is 2. The van der Waals surface area contributed by atoms with Gasteiger partial charge in [0.15, 0.2) is 0 Å². The van der Waals surface area contributed by atoms with Gasteiger partial charge in [0.25, 0.3) is 11.7 Å². The van der Waals surface area contributed by atoms with Crippen LogP contribution in [0.1, 0.15) is 22.0 Å². The lowest BCUT2D eigenvalue weighted by Gasteiger charge is -2.24. The van der Waals surface area contributed by atoms with E-state index in [2.05, 4.69) is 0 Å². The summed E-state index contributed by atoms with van der Waals surface area (Å²) in [6, 6.07) is 17.0. The fourth-order valence-corrected chi connectivity index (χ4v) is 4.30. The van der Waals surface area contributed by atoms with Crippen molar-refractivity contribution in [1.29, 1.82) is 0 Å². The van der Waals surface area contributed by atoms with Gasteiger partial charge >= 0.3 is 0 Å². The van der Waals surface area contributed by atoms with E-state index in [-0.39, 0.29) is 11.3 Å². The molecule has 6 heteroatoms. The van der Waals surface area contributed by atoms with Crippen LogP contribution in [0.15, 0.2) is 71.6 Å². The maximum absolute atomic E-state index is 12.9. The molecule has 1 atom stereocenters. The molecule has 140 valence electrons. The largest absolute Gasteiger partial charge is 0.507 e. The van der Waals surface area contributed by atoms with Gasteiger partial charge in [-0.1, -0.05) is 54.1 Å². The number of aliphatic hydroxyl groups is 1. The number of amides is 1. The molecule has 28 heavy (non-hydrogen) atoms. The second-order valence-corrected chi connectivity index (χ2v) is 7.87. The summed E-state index contributed by atoms with van der Waals surface area (Å²) in [6.07, 6.45) is 0. The number of aryl methyl sites for hydroxylation is 1. The van der Waals surface area contributed by atoms with Crippen LogP contribution in [-0.2, 0) is 9.59 Å². The van der Waals surface area contributed by atoms with Crippen LogP contribution in [0.2, 0.25) is 5.02 Å². The zero-order valence-electron chi connectivity index (χ0n) is 14.9. The predicted octanol–water partition coefficient (Wildman–Crippen LogP) is 5.34. The quantitative estimate of drug-likeness (QED) is 0.361. The third-order valence-corrected chi connectivity index (χ3v) is 6.07. The molecular weight excluding hydrogens is 394 g/mol. The Balaban J connectivity index is 1.93. The molecule has 0 saturated carbocycles. The van der Waals surface area contributed by atoms with Gasteiger partial charge in [-0.25, -0.2) is 0 Å². The van der Waals surface area contributed by atoms with Crippen LogP contribution in [0, 0.1) is 6.92 Å². The molecule has 4 nitrogen and oxygen atoms in total. The minimum Gasteiger partial charge on any atom is -0.507 e. The highest BCUT2D eigenvalue weighted by molar-refractivity contribution is 7.10. The highest BCUT2D eigenvalue weighted by Crippen LogP contribution is 2.44. The Morgan fingerprint density at radius 3 is 2.46 bits per heavy atom. The minimum atomic E-state index is -0.712. The minimum absolute atomic E-state index is 0.0790. The molecular formula is C22H16ClNO3S. The second-order valence-electron chi connectivity index (χ2n) is 6.48. The Kier molecular flexibility index (Phi) is 4.79. The number of nitrogens with zero attached hydrogens (tertiary/aromatic N) is 1. The van der Waals surface area contributed by atoms with E-state index in [1.165, 1.54) is 16.2 Å². The van der Waals surface area contributed by atoms with Gasteiger partial charge in [0.2, 0.25) is 0 Å². The zero-order chi connectivity index (χ0) is 19.8. The summed E-state index contributed by atoms with van der Waals surface area (Å²) < 4.78 is 0. The van der Waals surface area contributed by atoms with Crippen molar-refractivity contribution in [3.05, 3.63) is 92.6 Å². The van der Waals surface area contributed by atoms with Crippen LogP contribution in [0.5, 0.6) is 0 Å². The van der Waals surface area contributed by atoms with Crippen molar-refractivity contribution < 1.29 is 14.7 Å². The molecule has 1 N–H and O–H groups in total. The molecule has 1 aliphatic rings. The molecule has 1 fully saturated rings. The lowest BCUT2D eigenvalue weighted by atomic mass is 10.00. The number of ketones is 1. The SMILES string of the molecule is Cc1ccc(N2C(=O)C(=O)/C(=C(\O)c3ccccc3)C2c2cccs2)cc1Cl. The molecule has 0 aliphatic carbocycles. The molecule has 3 aromatic rings. The van der Waals surface area contributed by atoms with Gasteiger partial charge < -0.3 is 5.11 Å². The molecule has 0 bridgehead atoms. The molecule has 2 aromatic carbocycles. The summed E-state index contributed by atoms with van der Waals surface area (Å²) in [6.45, 7) is 1.87. The van der Waals surface area contributed by atoms with Crippen LogP contribution < -0.4 is 4.90 Å². The zero-order valence-corrected chi connectivity index (χ0v) is 16.5. The molecule has 1 amide bonds. The fourth-order valence-electron chi connectivity index (χ4n) is 3.30. The van der Waals surface area contributed by atoms with Gasteiger partial charge in [0.05, 0.1) is 5.57 Å². The topological polar surface area (TPSA) is 57.6 Å². The maximum atomic E-state index is 12.9. The Hall–Kier alpha value is -2.89. The second kappa shape index (κ2) is 7.26. The van der Waals surface area contributed by atoms with E-state index >= 15 is 0 Å². The monoisotopic (exact) mass is 409 g/mol. The summed E-state index contributed by atoms with van der Waals surface area (Å²) in [5, 5.41) is 13.3. The highest BCUT2D eigenvalue weighted by Gasteiger charge is 2.47. The predicted molar refractivity (Wildman–Crippen MR) is 112 cm³/mol. The number of Topliss-reactive ketones (excluding diaryl/α,β-unsaturated/α-hetero) is 1. The Morgan fingerprint density at radius 2 is 1.82 bits per heavy atom. The molecule has 2 heterocycles. The number of halogens is 1. The normalized spacial score (nSPS) is 18.6. The van der Waals surface area contributed by atoms with Gasteiger partial charge in [-0.05, 0) is 36.1 Å². The van der Waals surface area contributed by atoms with Crippen molar-refractivity contribution in [3.8, 4) is 0 Å². The van der Waals surface area contributed by atoms with Crippen molar-refractivity contribution in [2.24, 2.45) is 0 Å². The number of thiophene rings is 1. The number of rotatable bonds is 3. The lowest BCUT2D eigenvalue weighted by Crippen LogP contribution is -2.29. The Bertz CT molecular complexity index is 1090. The van der Waals surface area contributed by atoms with E-state index in [1.807, 2.05) is 30.5 Å². The standard InChI is InChI=1S/C22H16ClNO3S/c1-13-9-10-15(12-16(13)23)24-19(17-8-5-11-28-17)18(21(26)22(24)27)20(25)14-6-3-2-4-7-14/h2-12,19,25H,1H3/b20-18-. The molecule has 0 radical (unpaired) electrons. The fraction of sp³-hybridized carbons (Fsp3) is 0.0909. The van der Waals surface area contributed by atoms with Crippen LogP contribution in [-0.4, -0.2) is 16.8 Å². The summed E-state index contributed by atoms with van der Waals surface area (Å²) >= 11 is 7.68. The number of carbonyl (C=O) groups excluding carboxylic acids is 2. The molecule has 1 aromatic heterocycles. The van der Waals surface area contributed by atoms with Gasteiger partial charge in [0, 0.05) is 21.2 Å². The van der Waals surface area contributed by atoms with Crippen LogP contribution in [0.25, 0.3) is 5.76 Å². The summed E-state index contributed by atoms with van der Waals surface area (Å²) in [5.41, 5.74) is 1.96. The number of hydrogen-bond acceptors (Lipinski definition) is 4. The number of aliphatic hydroxyl groups excluding tert-OH is 1. The first kappa shape index (κ1) is 18.5. The van der Waals surface area contributed by atoms with E-state index in [4.69, 9.17) is 11.6 Å². The lowest BCUT2D eigenvalue weighted by molar-refractivity contribution is -0.132. The molecule has 1 saturated heterocycles. The molecule has 0 spiro atoms. The van der Waals surface area contributed by atoms with Crippen LogP contribution in [0.4, 0.5) is 5.69 Å². The molecule has 1 unspecified atom stereocenters. The van der Waals surface area contributed by atoms with E-state index < -0.39 is 17.7 Å². The van der Waals surface area contributed by atoms with E-state index in [0.717, 1.165) is 10.4 Å². The van der Waals surface area contributed by atoms with E-state index in [9.17, 15) is 14.7 Å². The van der Waals surface area contributed by atoms with E-state index in [0.29, 0.717) is 16.3 Å². The smallest absolute Gasteiger partial charge is 0.300 e. The first-order chi connectivity index (χ1) is 13.5. The average Bonchev–Trinajstić information content (AvgIpc) is 3.32. The van der Waals surface area contributed by atoms with Crippen LogP contribution in [0.3, 0.4) is 0 Å². The maximum Gasteiger partial charge on any atom is 0.300 e. The van der Waals surface area contributed by atoms with Gasteiger partial charge in [-0.3, -0.25) is 14.5 Å². The Morgan fingerprint density at radius 1 is 1.07 bits per heavy atom. The first-order valence-corrected chi connectivity index (χ1v) is 9.91. The summed E-state index contributed by atoms with van der Waals surface area (Å²) in [5.74, 6) is -1.58. The Labute approximate surface area is 171 Å². The van der Waals surface area contributed by atoms with Gasteiger partial charge in [0.1, 0.15) is 11.8 Å². The van der Waals surface area contributed by atoms with Crippen molar-refractivity contribution in [1.82, 2.24) is 0 Å². The molecule has 1 aliphatic heterocycles. The molecule has 4 rings (SSSR count). The van der Waals surface area contributed by atoms with Crippen molar-refractivity contribution >= 4 is 46.1 Å². The van der Waals surface area contributed by atoms with Gasteiger partial charge in [-0.2, -0.15) is 0 Å². The average molecular weight is 410 g/mol. The van der Waals surface area contributed by atoms with Gasteiger partial charge in [-0.15, -0.1) is 11.3 Å². The van der Waals surface area contributed by atoms with E-state index in [1.54, 1.807) is 42.5 Å². The van der Waals surface area contributed by atoms with Crippen LogP contribution >= 0.6 is 22.9 Å². The highest BCUT2D eigenvalue weighted by atomic mass is 35.5. The van der Waals surface area contributed by atoms with Crippen molar-refractivity contribution in [2.75, 3.05) is 4.90 Å². The number of hydrogen-bond donors (Lipinski definition) is 1. The van der Waals surface area contributed by atoms with Crippen molar-refractivity contribution in [2.45, 2.75) is 13.0 Å². The van der Waals surface area contributed by atoms with Crippen molar-refractivity contribution in [3.63, 3.8) is 0 Å². The first-order valence-electron chi connectivity index (χ1n) is 8.65. The summed E-state index contributed by atoms with van der Waals surface area (Å²) in [4.78, 5) is 28.1. The third-order valence-electron chi connectivity index (χ3n) is 4.74. The third kappa shape index (κ3) is 3.03. The number of anilines is 1. The number of carbonyl (C=O) groups is 2. The summed E-state index contributed by atoms with van der Waals surface area (Å²) in [7, 11) is 0.